The van der Waals surface area contributed by atoms with E-state index >= 15 is 0 Å². The second-order valence-electron chi connectivity index (χ2n) is 7.46. The molecular formula is C24H19F5. The molecule has 0 aromatic heterocycles. The van der Waals surface area contributed by atoms with Gasteiger partial charge in [-0.05, 0) is 70.3 Å². The van der Waals surface area contributed by atoms with Gasteiger partial charge in [0.25, 0.3) is 0 Å². The molecule has 0 unspecified atom stereocenters. The fourth-order valence-corrected chi connectivity index (χ4v) is 3.99. The van der Waals surface area contributed by atoms with Crippen molar-refractivity contribution in [1.29, 1.82) is 0 Å². The molecule has 0 aliphatic heterocycles. The topological polar surface area (TPSA) is 0 Å². The maximum absolute atomic E-state index is 14.0. The van der Waals surface area contributed by atoms with Gasteiger partial charge in [0.2, 0.25) is 0 Å². The Bertz CT molecular complexity index is 1060. The predicted octanol–water partition coefficient (Wildman–Crippen LogP) is 7.56. The number of alkyl halides is 3. The maximum atomic E-state index is 14.0. The quantitative estimate of drug-likeness (QED) is 0.309. The molecule has 5 heteroatoms. The zero-order valence-electron chi connectivity index (χ0n) is 15.8. The first-order valence-corrected chi connectivity index (χ1v) is 9.59. The fourth-order valence-electron chi connectivity index (χ4n) is 3.99. The molecule has 0 nitrogen and oxygen atoms in total. The van der Waals surface area contributed by atoms with Gasteiger partial charge in [-0.25, -0.2) is 8.78 Å². The summed E-state index contributed by atoms with van der Waals surface area (Å²) in [6, 6.07) is 13.3. The lowest BCUT2D eigenvalue weighted by Gasteiger charge is -2.12. The highest BCUT2D eigenvalue weighted by Gasteiger charge is 2.38. The van der Waals surface area contributed by atoms with E-state index in [0.29, 0.717) is 12.0 Å². The highest BCUT2D eigenvalue weighted by atomic mass is 19.4. The number of rotatable bonds is 4. The molecular weight excluding hydrogens is 383 g/mol. The highest BCUT2D eigenvalue weighted by Crippen LogP contribution is 2.40. The lowest BCUT2D eigenvalue weighted by molar-refractivity contribution is -0.142. The van der Waals surface area contributed by atoms with Crippen LogP contribution in [0.4, 0.5) is 22.0 Å². The van der Waals surface area contributed by atoms with E-state index < -0.39 is 23.4 Å². The van der Waals surface area contributed by atoms with Crippen molar-refractivity contribution in [2.75, 3.05) is 0 Å². The molecule has 0 bridgehead atoms. The second kappa shape index (κ2) is 7.29. The predicted molar refractivity (Wildman–Crippen MR) is 104 cm³/mol. The Labute approximate surface area is 166 Å². The highest BCUT2D eigenvalue weighted by molar-refractivity contribution is 5.80. The van der Waals surface area contributed by atoms with Crippen LogP contribution in [0.2, 0.25) is 0 Å². The van der Waals surface area contributed by atoms with E-state index in [0.717, 1.165) is 48.1 Å². The van der Waals surface area contributed by atoms with E-state index in [-0.39, 0.29) is 5.56 Å². The molecule has 150 valence electrons. The van der Waals surface area contributed by atoms with E-state index in [9.17, 15) is 22.0 Å². The zero-order chi connectivity index (χ0) is 20.8. The Hall–Kier alpha value is -2.69. The van der Waals surface area contributed by atoms with Gasteiger partial charge >= 0.3 is 6.18 Å². The molecule has 0 radical (unpaired) electrons. The van der Waals surface area contributed by atoms with E-state index in [2.05, 4.69) is 25.1 Å². The van der Waals surface area contributed by atoms with Gasteiger partial charge in [0, 0.05) is 0 Å². The summed E-state index contributed by atoms with van der Waals surface area (Å²) in [4.78, 5) is 0. The lowest BCUT2D eigenvalue weighted by atomic mass is 9.97. The maximum Gasteiger partial charge on any atom is 0.422 e. The summed E-state index contributed by atoms with van der Waals surface area (Å²) in [7, 11) is 0. The van der Waals surface area contributed by atoms with Crippen LogP contribution in [0.5, 0.6) is 0 Å². The molecule has 29 heavy (non-hydrogen) atoms. The third kappa shape index (κ3) is 3.66. The van der Waals surface area contributed by atoms with Gasteiger partial charge in [0.15, 0.2) is 0 Å². The molecule has 0 atom stereocenters. The van der Waals surface area contributed by atoms with Crippen LogP contribution in [0.1, 0.15) is 42.0 Å². The van der Waals surface area contributed by atoms with Crippen LogP contribution in [0.3, 0.4) is 0 Å². The summed E-state index contributed by atoms with van der Waals surface area (Å²) >= 11 is 0. The van der Waals surface area contributed by atoms with Crippen molar-refractivity contribution in [1.82, 2.24) is 0 Å². The van der Waals surface area contributed by atoms with Crippen LogP contribution < -0.4 is 0 Å². The van der Waals surface area contributed by atoms with Crippen molar-refractivity contribution in [3.05, 3.63) is 82.4 Å². The summed E-state index contributed by atoms with van der Waals surface area (Å²) in [5, 5.41) is 0. The van der Waals surface area contributed by atoms with Gasteiger partial charge < -0.3 is 0 Å². The molecule has 0 spiro atoms. The zero-order valence-corrected chi connectivity index (χ0v) is 15.8. The van der Waals surface area contributed by atoms with Crippen LogP contribution >= 0.6 is 0 Å². The minimum Gasteiger partial charge on any atom is -0.206 e. The number of hydrogen-bond donors (Lipinski definition) is 0. The minimum atomic E-state index is -5.07. The number of fused-ring (bicyclic) bond motifs is 3. The van der Waals surface area contributed by atoms with E-state index in [1.807, 2.05) is 12.1 Å². The lowest BCUT2D eigenvalue weighted by Crippen LogP contribution is -2.11. The largest absolute Gasteiger partial charge is 0.422 e. The van der Waals surface area contributed by atoms with Crippen molar-refractivity contribution in [2.24, 2.45) is 0 Å². The summed E-state index contributed by atoms with van der Waals surface area (Å²) < 4.78 is 66.4. The number of benzene rings is 3. The molecule has 1 aliphatic rings. The molecule has 3 aromatic rings. The van der Waals surface area contributed by atoms with Gasteiger partial charge in [-0.1, -0.05) is 49.7 Å². The van der Waals surface area contributed by atoms with Crippen molar-refractivity contribution in [3.8, 4) is 22.3 Å². The average Bonchev–Trinajstić information content (AvgIpc) is 3.01. The number of halogens is 5. The molecule has 1 aliphatic carbocycles. The molecule has 4 rings (SSSR count). The average molecular weight is 402 g/mol. The molecule has 0 N–H and O–H groups in total. The fraction of sp³-hybridized carbons (Fsp3) is 0.250. The van der Waals surface area contributed by atoms with Gasteiger partial charge in [0.1, 0.15) is 17.2 Å². The Morgan fingerprint density at radius 2 is 1.41 bits per heavy atom. The van der Waals surface area contributed by atoms with E-state index in [1.165, 1.54) is 11.1 Å². The Kier molecular flexibility index (Phi) is 4.93. The molecule has 0 heterocycles. The van der Waals surface area contributed by atoms with Gasteiger partial charge in [0.05, 0.1) is 0 Å². The SMILES string of the molecule is CCCCc1ccc2c(c1)Cc1cc(-c3cc(F)c(C(F)(F)F)c(F)c3)ccc1-2. The Balaban J connectivity index is 1.68. The van der Waals surface area contributed by atoms with Crippen LogP contribution in [-0.2, 0) is 19.0 Å². The van der Waals surface area contributed by atoms with Crippen LogP contribution in [0.25, 0.3) is 22.3 Å². The first-order valence-electron chi connectivity index (χ1n) is 9.59. The second-order valence-corrected chi connectivity index (χ2v) is 7.46. The third-order valence-corrected chi connectivity index (χ3v) is 5.42. The first kappa shape index (κ1) is 19.6. The number of aryl methyl sites for hydroxylation is 1. The summed E-state index contributed by atoms with van der Waals surface area (Å²) in [5.41, 5.74) is 4.42. The Morgan fingerprint density at radius 1 is 0.793 bits per heavy atom. The first-order chi connectivity index (χ1) is 13.8. The van der Waals surface area contributed by atoms with Crippen LogP contribution in [0.15, 0.2) is 48.5 Å². The summed E-state index contributed by atoms with van der Waals surface area (Å²) in [5.74, 6) is -3.20. The molecule has 0 saturated heterocycles. The molecule has 0 saturated carbocycles. The standard InChI is InChI=1S/C24H19F5/c1-2-3-4-14-5-7-19-17(9-14)11-18-10-15(6-8-20(18)19)16-12-21(25)23(22(26)13-16)24(27,28)29/h5-10,12-13H,2-4,11H2,1H3. The van der Waals surface area contributed by atoms with Crippen LogP contribution in [0, 0.1) is 11.6 Å². The molecule has 3 aromatic carbocycles. The van der Waals surface area contributed by atoms with Gasteiger partial charge in [-0.3, -0.25) is 0 Å². The number of hydrogen-bond acceptors (Lipinski definition) is 0. The number of unbranched alkanes of at least 4 members (excludes halogenated alkanes) is 1. The Morgan fingerprint density at radius 3 is 2.03 bits per heavy atom. The normalized spacial score (nSPS) is 12.8. The van der Waals surface area contributed by atoms with Crippen molar-refractivity contribution >= 4 is 0 Å². The smallest absolute Gasteiger partial charge is 0.206 e. The summed E-state index contributed by atoms with van der Waals surface area (Å²) in [6.45, 7) is 2.15. The van der Waals surface area contributed by atoms with E-state index in [1.54, 1.807) is 6.07 Å². The molecule has 0 amide bonds. The third-order valence-electron chi connectivity index (χ3n) is 5.42. The molecule has 0 fully saturated rings. The van der Waals surface area contributed by atoms with E-state index in [4.69, 9.17) is 0 Å². The minimum absolute atomic E-state index is 0.0930. The van der Waals surface area contributed by atoms with Crippen molar-refractivity contribution in [2.45, 2.75) is 38.8 Å². The van der Waals surface area contributed by atoms with Gasteiger partial charge in [-0.2, -0.15) is 13.2 Å². The van der Waals surface area contributed by atoms with Crippen molar-refractivity contribution in [3.63, 3.8) is 0 Å². The van der Waals surface area contributed by atoms with Crippen molar-refractivity contribution < 1.29 is 22.0 Å². The van der Waals surface area contributed by atoms with Gasteiger partial charge in [-0.15, -0.1) is 0 Å². The monoisotopic (exact) mass is 402 g/mol. The van der Waals surface area contributed by atoms with Crippen LogP contribution in [-0.4, -0.2) is 0 Å². The summed E-state index contributed by atoms with van der Waals surface area (Å²) in [6.07, 6.45) is -1.09.